The van der Waals surface area contributed by atoms with Crippen molar-refractivity contribution >= 4 is 18.3 Å². The lowest BCUT2D eigenvalue weighted by molar-refractivity contribution is -0.130. The lowest BCUT2D eigenvalue weighted by Gasteiger charge is -2.40. The molecule has 0 radical (unpaired) electrons. The lowest BCUT2D eigenvalue weighted by atomic mass is 9.72. The van der Waals surface area contributed by atoms with Gasteiger partial charge in [0.25, 0.3) is 0 Å². The minimum absolute atomic E-state index is 0. The second kappa shape index (κ2) is 8.49. The van der Waals surface area contributed by atoms with E-state index in [1.807, 2.05) is 0 Å². The van der Waals surface area contributed by atoms with E-state index >= 15 is 0 Å². The molecule has 0 aliphatic carbocycles. The van der Waals surface area contributed by atoms with E-state index in [1.165, 1.54) is 11.1 Å². The highest BCUT2D eigenvalue weighted by molar-refractivity contribution is 5.86. The topological polar surface area (TPSA) is 73.6 Å². The summed E-state index contributed by atoms with van der Waals surface area (Å²) in [4.78, 5) is 12.7. The van der Waals surface area contributed by atoms with Gasteiger partial charge in [0.05, 0.1) is 5.54 Å². The predicted molar refractivity (Wildman–Crippen MR) is 100 cm³/mol. The number of aryl methyl sites for hydroxylation is 1. The molecule has 140 valence electrons. The maximum absolute atomic E-state index is 12.7. The molecule has 0 unspecified atom stereocenters. The highest BCUT2D eigenvalue weighted by Gasteiger charge is 2.40. The van der Waals surface area contributed by atoms with Crippen molar-refractivity contribution in [2.45, 2.75) is 43.6 Å². The minimum atomic E-state index is -0.795. The Morgan fingerprint density at radius 3 is 2.24 bits per heavy atom. The maximum atomic E-state index is 12.7. The van der Waals surface area contributed by atoms with E-state index in [4.69, 9.17) is 15.2 Å². The van der Waals surface area contributed by atoms with Crippen LogP contribution in [0.4, 0.5) is 0 Å². The van der Waals surface area contributed by atoms with Gasteiger partial charge in [0, 0.05) is 38.4 Å². The zero-order chi connectivity index (χ0) is 17.0. The van der Waals surface area contributed by atoms with Gasteiger partial charge in [0.2, 0.25) is 5.91 Å². The molecule has 6 heteroatoms. The Bertz CT molecular complexity index is 582. The Balaban J connectivity index is 0.00000225. The second-order valence-electron chi connectivity index (χ2n) is 7.16. The molecule has 1 aromatic rings. The summed E-state index contributed by atoms with van der Waals surface area (Å²) in [5, 5.41) is 3.15. The van der Waals surface area contributed by atoms with Crippen LogP contribution < -0.4 is 11.1 Å². The van der Waals surface area contributed by atoms with Crippen molar-refractivity contribution in [1.82, 2.24) is 5.32 Å². The van der Waals surface area contributed by atoms with E-state index < -0.39 is 5.54 Å². The first-order chi connectivity index (χ1) is 11.6. The third kappa shape index (κ3) is 4.34. The van der Waals surface area contributed by atoms with Gasteiger partial charge < -0.3 is 20.5 Å². The first-order valence-corrected chi connectivity index (χ1v) is 8.85. The summed E-state index contributed by atoms with van der Waals surface area (Å²) in [6.45, 7) is 5.32. The Hall–Kier alpha value is -1.14. The third-order valence-corrected chi connectivity index (χ3v) is 5.59. The molecule has 3 N–H and O–H groups in total. The molecule has 0 saturated carbocycles. The standard InChI is InChI=1S/C19H28N2O3.ClH/c1-15-4-2-3-5-16(15)18(6-10-23-11-7-18)14-21-17(22)19(20)8-12-24-13-9-19;/h2-5H,6-14,20H2,1H3,(H,21,22);1H. The van der Waals surface area contributed by atoms with Gasteiger partial charge in [-0.05, 0) is 43.7 Å². The summed E-state index contributed by atoms with van der Waals surface area (Å²) in [5.41, 5.74) is 8.03. The molecule has 1 aromatic carbocycles. The fourth-order valence-electron chi connectivity index (χ4n) is 3.86. The van der Waals surface area contributed by atoms with Crippen LogP contribution in [-0.4, -0.2) is 44.4 Å². The number of carbonyl (C=O) groups excluding carboxylic acids is 1. The van der Waals surface area contributed by atoms with Crippen LogP contribution in [0.3, 0.4) is 0 Å². The highest BCUT2D eigenvalue weighted by atomic mass is 35.5. The van der Waals surface area contributed by atoms with Crippen molar-refractivity contribution in [1.29, 1.82) is 0 Å². The number of carbonyl (C=O) groups is 1. The molecule has 5 nitrogen and oxygen atoms in total. The maximum Gasteiger partial charge on any atom is 0.240 e. The normalized spacial score (nSPS) is 21.8. The van der Waals surface area contributed by atoms with Crippen LogP contribution in [0.5, 0.6) is 0 Å². The molecule has 0 aromatic heterocycles. The predicted octanol–water partition coefficient (Wildman–Crippen LogP) is 2.09. The van der Waals surface area contributed by atoms with Crippen LogP contribution >= 0.6 is 12.4 Å². The average molecular weight is 369 g/mol. The van der Waals surface area contributed by atoms with Crippen LogP contribution in [0.25, 0.3) is 0 Å². The zero-order valence-corrected chi connectivity index (χ0v) is 15.7. The quantitative estimate of drug-likeness (QED) is 0.853. The number of rotatable bonds is 4. The van der Waals surface area contributed by atoms with Crippen molar-refractivity contribution in [2.75, 3.05) is 33.0 Å². The van der Waals surface area contributed by atoms with Gasteiger partial charge in [0.1, 0.15) is 0 Å². The summed E-state index contributed by atoms with van der Waals surface area (Å²) in [6, 6.07) is 8.45. The lowest BCUT2D eigenvalue weighted by Crippen LogP contribution is -2.59. The summed E-state index contributed by atoms with van der Waals surface area (Å²) in [5.74, 6) is -0.0507. The largest absolute Gasteiger partial charge is 0.381 e. The number of amides is 1. The van der Waals surface area contributed by atoms with Gasteiger partial charge in [-0.15, -0.1) is 12.4 Å². The van der Waals surface area contributed by atoms with E-state index in [2.05, 4.69) is 36.5 Å². The molecule has 2 aliphatic heterocycles. The van der Waals surface area contributed by atoms with Crippen molar-refractivity contribution in [3.8, 4) is 0 Å². The number of benzene rings is 1. The van der Waals surface area contributed by atoms with Gasteiger partial charge in [-0.2, -0.15) is 0 Å². The van der Waals surface area contributed by atoms with Gasteiger partial charge in [-0.3, -0.25) is 4.79 Å². The molecule has 2 fully saturated rings. The minimum Gasteiger partial charge on any atom is -0.381 e. The molecule has 0 bridgehead atoms. The van der Waals surface area contributed by atoms with Crippen LogP contribution in [0.1, 0.15) is 36.8 Å². The van der Waals surface area contributed by atoms with E-state index in [-0.39, 0.29) is 23.7 Å². The molecule has 2 aliphatic rings. The number of nitrogens with one attached hydrogen (secondary N) is 1. The van der Waals surface area contributed by atoms with E-state index in [1.54, 1.807) is 0 Å². The Morgan fingerprint density at radius 1 is 1.08 bits per heavy atom. The number of nitrogens with two attached hydrogens (primary N) is 1. The van der Waals surface area contributed by atoms with Crippen molar-refractivity contribution in [3.63, 3.8) is 0 Å². The number of ether oxygens (including phenoxy) is 2. The summed E-state index contributed by atoms with van der Waals surface area (Å²) >= 11 is 0. The van der Waals surface area contributed by atoms with E-state index in [0.717, 1.165) is 26.1 Å². The van der Waals surface area contributed by atoms with Crippen LogP contribution in [-0.2, 0) is 19.7 Å². The Kier molecular flexibility index (Phi) is 6.86. The van der Waals surface area contributed by atoms with Crippen molar-refractivity contribution in [3.05, 3.63) is 35.4 Å². The fourth-order valence-corrected chi connectivity index (χ4v) is 3.86. The van der Waals surface area contributed by atoms with Crippen LogP contribution in [0.15, 0.2) is 24.3 Å². The fraction of sp³-hybridized carbons (Fsp3) is 0.632. The van der Waals surface area contributed by atoms with Gasteiger partial charge in [-0.25, -0.2) is 0 Å². The van der Waals surface area contributed by atoms with Gasteiger partial charge >= 0.3 is 0 Å². The van der Waals surface area contributed by atoms with Crippen LogP contribution in [0, 0.1) is 6.92 Å². The summed E-state index contributed by atoms with van der Waals surface area (Å²) in [6.07, 6.45) is 3.00. The smallest absolute Gasteiger partial charge is 0.240 e. The number of hydrogen-bond acceptors (Lipinski definition) is 4. The molecule has 3 rings (SSSR count). The number of hydrogen-bond donors (Lipinski definition) is 2. The molecule has 1 amide bonds. The molecule has 0 spiro atoms. The average Bonchev–Trinajstić information content (AvgIpc) is 2.61. The second-order valence-corrected chi connectivity index (χ2v) is 7.16. The van der Waals surface area contributed by atoms with Gasteiger partial charge in [0.15, 0.2) is 0 Å². The molecule has 2 heterocycles. The number of halogens is 1. The summed E-state index contributed by atoms with van der Waals surface area (Å²) < 4.78 is 10.9. The first-order valence-electron chi connectivity index (χ1n) is 8.85. The molecule has 2 saturated heterocycles. The SMILES string of the molecule is Cc1ccccc1C1(CNC(=O)C2(N)CCOCC2)CCOCC1.Cl. The monoisotopic (exact) mass is 368 g/mol. The summed E-state index contributed by atoms with van der Waals surface area (Å²) in [7, 11) is 0. The molecular formula is C19H29ClN2O3. The molecule has 0 atom stereocenters. The molecule has 25 heavy (non-hydrogen) atoms. The zero-order valence-electron chi connectivity index (χ0n) is 14.9. The first kappa shape index (κ1) is 20.2. The van der Waals surface area contributed by atoms with Crippen molar-refractivity contribution < 1.29 is 14.3 Å². The van der Waals surface area contributed by atoms with Gasteiger partial charge in [-0.1, -0.05) is 24.3 Å². The molecular weight excluding hydrogens is 340 g/mol. The van der Waals surface area contributed by atoms with E-state index in [0.29, 0.717) is 32.6 Å². The highest BCUT2D eigenvalue weighted by Crippen LogP contribution is 2.36. The van der Waals surface area contributed by atoms with E-state index in [9.17, 15) is 4.79 Å². The van der Waals surface area contributed by atoms with Crippen LogP contribution in [0.2, 0.25) is 0 Å². The third-order valence-electron chi connectivity index (χ3n) is 5.59. The van der Waals surface area contributed by atoms with Crippen molar-refractivity contribution in [2.24, 2.45) is 5.73 Å². The Labute approximate surface area is 156 Å². The Morgan fingerprint density at radius 2 is 1.64 bits per heavy atom.